The number of rotatable bonds is 7. The Kier molecular flexibility index (Phi) is 7.31. The largest absolute Gasteiger partial charge is 0.373 e. The van der Waals surface area contributed by atoms with E-state index in [-0.39, 0.29) is 17.9 Å². The van der Waals surface area contributed by atoms with E-state index in [0.717, 1.165) is 25.7 Å². The van der Waals surface area contributed by atoms with Crippen molar-refractivity contribution < 1.29 is 13.2 Å². The van der Waals surface area contributed by atoms with Gasteiger partial charge in [-0.25, -0.2) is 8.42 Å². The molecule has 0 aromatic rings. The number of guanidine groups is 1. The number of ether oxygens (including phenoxy) is 1. The zero-order chi connectivity index (χ0) is 17.6. The van der Waals surface area contributed by atoms with Crippen molar-refractivity contribution in [3.8, 4) is 0 Å². The molecule has 2 saturated heterocycles. The third-order valence-corrected chi connectivity index (χ3v) is 5.54. The van der Waals surface area contributed by atoms with Gasteiger partial charge in [-0.1, -0.05) is 0 Å². The average molecular weight is 361 g/mol. The maximum absolute atomic E-state index is 11.3. The molecule has 24 heavy (non-hydrogen) atoms. The van der Waals surface area contributed by atoms with Gasteiger partial charge in [-0.2, -0.15) is 0 Å². The number of sulfone groups is 1. The number of fused-ring (bicyclic) bond motifs is 1. The third kappa shape index (κ3) is 6.57. The van der Waals surface area contributed by atoms with Crippen molar-refractivity contribution >= 4 is 15.8 Å². The molecular weight excluding hydrogens is 328 g/mol. The smallest absolute Gasteiger partial charge is 0.191 e. The van der Waals surface area contributed by atoms with E-state index in [4.69, 9.17) is 4.74 Å². The average Bonchev–Trinajstić information content (AvgIpc) is 2.98. The lowest BCUT2D eigenvalue weighted by molar-refractivity contribution is -0.0432. The Morgan fingerprint density at radius 3 is 2.96 bits per heavy atom. The fourth-order valence-electron chi connectivity index (χ4n) is 3.21. The molecule has 0 radical (unpaired) electrons. The highest BCUT2D eigenvalue weighted by Gasteiger charge is 2.32. The van der Waals surface area contributed by atoms with Crippen LogP contribution in [0.2, 0.25) is 0 Å². The van der Waals surface area contributed by atoms with Gasteiger partial charge >= 0.3 is 0 Å². The van der Waals surface area contributed by atoms with Crippen LogP contribution in [-0.2, 0) is 14.6 Å². The highest BCUT2D eigenvalue weighted by molar-refractivity contribution is 7.90. The van der Waals surface area contributed by atoms with Gasteiger partial charge < -0.3 is 15.4 Å². The van der Waals surface area contributed by atoms with E-state index in [0.29, 0.717) is 19.0 Å². The van der Waals surface area contributed by atoms with Gasteiger partial charge in [0, 0.05) is 31.4 Å². The predicted octanol–water partition coefficient (Wildman–Crippen LogP) is 0.228. The molecule has 0 aromatic carbocycles. The molecule has 0 saturated carbocycles. The molecule has 0 amide bonds. The molecule has 7 nitrogen and oxygen atoms in total. The first-order chi connectivity index (χ1) is 11.4. The SMILES string of the molecule is CCNC(=NCC1CN2CCCC2CO1)NC(C)CCS(C)(=O)=O. The fraction of sp³-hybridized carbons (Fsp3) is 0.938. The summed E-state index contributed by atoms with van der Waals surface area (Å²) >= 11 is 0. The first-order valence-corrected chi connectivity index (χ1v) is 11.0. The number of aliphatic imine (C=N–C) groups is 1. The summed E-state index contributed by atoms with van der Waals surface area (Å²) in [6, 6.07) is 0.653. The molecule has 2 fully saturated rings. The zero-order valence-electron chi connectivity index (χ0n) is 15.1. The van der Waals surface area contributed by atoms with E-state index < -0.39 is 9.84 Å². The molecule has 0 spiro atoms. The zero-order valence-corrected chi connectivity index (χ0v) is 15.9. The first-order valence-electron chi connectivity index (χ1n) is 8.95. The van der Waals surface area contributed by atoms with Crippen molar-refractivity contribution in [2.24, 2.45) is 4.99 Å². The van der Waals surface area contributed by atoms with E-state index in [1.807, 2.05) is 13.8 Å². The molecule has 2 heterocycles. The van der Waals surface area contributed by atoms with Crippen molar-refractivity contribution in [3.05, 3.63) is 0 Å². The second-order valence-corrected chi connectivity index (χ2v) is 9.19. The van der Waals surface area contributed by atoms with Gasteiger partial charge in [0.05, 0.1) is 25.0 Å². The Labute approximate surface area is 146 Å². The Bertz CT molecular complexity index is 523. The van der Waals surface area contributed by atoms with Crippen molar-refractivity contribution in [1.29, 1.82) is 0 Å². The normalized spacial score (nSPS) is 26.9. The second-order valence-electron chi connectivity index (χ2n) is 6.93. The number of morpholine rings is 1. The lowest BCUT2D eigenvalue weighted by Crippen LogP contribution is -2.48. The Hall–Kier alpha value is -0.860. The van der Waals surface area contributed by atoms with Gasteiger partial charge in [0.15, 0.2) is 5.96 Å². The van der Waals surface area contributed by atoms with E-state index in [9.17, 15) is 8.42 Å². The van der Waals surface area contributed by atoms with Crippen molar-refractivity contribution in [3.63, 3.8) is 0 Å². The van der Waals surface area contributed by atoms with Crippen LogP contribution in [0.1, 0.15) is 33.1 Å². The highest BCUT2D eigenvalue weighted by atomic mass is 32.2. The van der Waals surface area contributed by atoms with Crippen molar-refractivity contribution in [2.75, 3.05) is 44.8 Å². The lowest BCUT2D eigenvalue weighted by Gasteiger charge is -2.34. The molecule has 2 rings (SSSR count). The molecule has 0 bridgehead atoms. The summed E-state index contributed by atoms with van der Waals surface area (Å²) in [4.78, 5) is 7.14. The molecule has 0 aliphatic carbocycles. The minimum absolute atomic E-state index is 0.0489. The topological polar surface area (TPSA) is 83.0 Å². The van der Waals surface area contributed by atoms with Gasteiger partial charge in [-0.15, -0.1) is 0 Å². The number of nitrogens with zero attached hydrogens (tertiary/aromatic N) is 2. The number of hydrogen-bond acceptors (Lipinski definition) is 5. The minimum atomic E-state index is -2.93. The lowest BCUT2D eigenvalue weighted by atomic mass is 10.2. The first kappa shape index (κ1) is 19.5. The molecule has 3 unspecified atom stereocenters. The summed E-state index contributed by atoms with van der Waals surface area (Å²) < 4.78 is 28.5. The highest BCUT2D eigenvalue weighted by Crippen LogP contribution is 2.22. The van der Waals surface area contributed by atoms with Crippen molar-refractivity contribution in [2.45, 2.75) is 51.3 Å². The van der Waals surface area contributed by atoms with Crippen LogP contribution in [0.15, 0.2) is 4.99 Å². The Balaban J connectivity index is 1.81. The van der Waals surface area contributed by atoms with Crippen LogP contribution in [0, 0.1) is 0 Å². The van der Waals surface area contributed by atoms with E-state index >= 15 is 0 Å². The minimum Gasteiger partial charge on any atom is -0.373 e. The second kappa shape index (κ2) is 9.01. The molecule has 2 N–H and O–H groups in total. The summed E-state index contributed by atoms with van der Waals surface area (Å²) in [6.07, 6.45) is 4.49. The van der Waals surface area contributed by atoms with Crippen LogP contribution in [0.25, 0.3) is 0 Å². The summed E-state index contributed by atoms with van der Waals surface area (Å²) in [5, 5.41) is 6.50. The van der Waals surface area contributed by atoms with Crippen LogP contribution in [0.4, 0.5) is 0 Å². The van der Waals surface area contributed by atoms with Gasteiger partial charge in [0.25, 0.3) is 0 Å². The van der Waals surface area contributed by atoms with Crippen LogP contribution in [0.3, 0.4) is 0 Å². The maximum atomic E-state index is 11.3. The summed E-state index contributed by atoms with van der Waals surface area (Å²) in [7, 11) is -2.93. The van der Waals surface area contributed by atoms with E-state index in [1.165, 1.54) is 25.6 Å². The van der Waals surface area contributed by atoms with Gasteiger partial charge in [0.1, 0.15) is 9.84 Å². The van der Waals surface area contributed by atoms with Crippen LogP contribution < -0.4 is 10.6 Å². The number of hydrogen-bond donors (Lipinski definition) is 2. The summed E-state index contributed by atoms with van der Waals surface area (Å²) in [6.45, 7) is 8.33. The molecule has 8 heteroatoms. The fourth-order valence-corrected chi connectivity index (χ4v) is 3.99. The van der Waals surface area contributed by atoms with Crippen LogP contribution >= 0.6 is 0 Å². The predicted molar refractivity (Wildman–Crippen MR) is 97.2 cm³/mol. The molecular formula is C16H32N4O3S. The third-order valence-electron chi connectivity index (χ3n) is 4.56. The molecule has 3 atom stereocenters. The van der Waals surface area contributed by atoms with E-state index in [2.05, 4.69) is 20.5 Å². The monoisotopic (exact) mass is 360 g/mol. The summed E-state index contributed by atoms with van der Waals surface area (Å²) in [5.74, 6) is 0.911. The molecule has 2 aliphatic heterocycles. The van der Waals surface area contributed by atoms with Gasteiger partial charge in [-0.05, 0) is 39.7 Å². The Morgan fingerprint density at radius 2 is 2.25 bits per heavy atom. The van der Waals surface area contributed by atoms with E-state index in [1.54, 1.807) is 0 Å². The molecule has 2 aliphatic rings. The van der Waals surface area contributed by atoms with Crippen LogP contribution in [-0.4, -0.2) is 82.3 Å². The van der Waals surface area contributed by atoms with Crippen LogP contribution in [0.5, 0.6) is 0 Å². The van der Waals surface area contributed by atoms with Gasteiger partial charge in [-0.3, -0.25) is 9.89 Å². The Morgan fingerprint density at radius 1 is 1.46 bits per heavy atom. The standard InChI is InChI=1S/C16H32N4O3S/c1-4-17-16(19-13(2)7-9-24(3,21)22)18-10-15-11-20-8-5-6-14(20)12-23-15/h13-15H,4-12H2,1-3H3,(H2,17,18,19). The maximum Gasteiger partial charge on any atom is 0.191 e. The quantitative estimate of drug-likeness (QED) is 0.499. The summed E-state index contributed by atoms with van der Waals surface area (Å²) in [5.41, 5.74) is 0. The molecule has 140 valence electrons. The number of nitrogens with one attached hydrogen (secondary N) is 2. The molecule has 0 aromatic heterocycles. The van der Waals surface area contributed by atoms with Gasteiger partial charge in [0.2, 0.25) is 0 Å². The van der Waals surface area contributed by atoms with Crippen molar-refractivity contribution in [1.82, 2.24) is 15.5 Å².